The second-order valence-electron chi connectivity index (χ2n) is 1.99. The lowest BCUT2D eigenvalue weighted by Crippen LogP contribution is -2.24. The van der Waals surface area contributed by atoms with Gasteiger partial charge in [-0.3, -0.25) is 0 Å². The molecule has 0 heterocycles. The summed E-state index contributed by atoms with van der Waals surface area (Å²) in [6.45, 7) is 1.71. The number of likely N-dealkylation sites (N-methyl/N-ethyl adjacent to an activating group) is 1. The molecule has 3 heteroatoms. The Morgan fingerprint density at radius 1 is 1.44 bits per heavy atom. The Morgan fingerprint density at radius 3 is 2.56 bits per heavy atom. The second-order valence-corrected chi connectivity index (χ2v) is 1.99. The van der Waals surface area contributed by atoms with Crippen molar-refractivity contribution >= 4 is 0 Å². The molecule has 0 saturated heterocycles. The summed E-state index contributed by atoms with van der Waals surface area (Å²) in [5.74, 6) is 0. The minimum Gasteiger partial charge on any atom is -0.383 e. The molecule has 0 aliphatic rings. The van der Waals surface area contributed by atoms with E-state index in [1.807, 2.05) is 11.9 Å². The first-order valence-corrected chi connectivity index (χ1v) is 3.04. The molecule has 0 fully saturated rings. The Bertz CT molecular complexity index is 61.0. The molecule has 2 nitrogen and oxygen atoms in total. The SMILES string of the molecule is COCCN(C)CCF. The minimum absolute atomic E-state index is 0.278. The summed E-state index contributed by atoms with van der Waals surface area (Å²) >= 11 is 0. The van der Waals surface area contributed by atoms with E-state index in [2.05, 4.69) is 0 Å². The lowest BCUT2D eigenvalue weighted by molar-refractivity contribution is 0.157. The quantitative estimate of drug-likeness (QED) is 0.545. The standard InChI is InChI=1S/C6H14FNO/c1-8(4-3-7)5-6-9-2/h3-6H2,1-2H3. The molecule has 0 aromatic rings. The van der Waals surface area contributed by atoms with Crippen LogP contribution in [0, 0.1) is 0 Å². The van der Waals surface area contributed by atoms with Crippen LogP contribution in [0.3, 0.4) is 0 Å². The van der Waals surface area contributed by atoms with E-state index in [1.165, 1.54) is 0 Å². The molecule has 0 aliphatic heterocycles. The van der Waals surface area contributed by atoms with Gasteiger partial charge in [0, 0.05) is 20.2 Å². The van der Waals surface area contributed by atoms with E-state index in [-0.39, 0.29) is 6.67 Å². The van der Waals surface area contributed by atoms with Crippen molar-refractivity contribution in [1.29, 1.82) is 0 Å². The van der Waals surface area contributed by atoms with Crippen LogP contribution in [0.25, 0.3) is 0 Å². The maximum absolute atomic E-state index is 11.6. The maximum atomic E-state index is 11.6. The molecule has 0 N–H and O–H groups in total. The number of nitrogens with zero attached hydrogens (tertiary/aromatic N) is 1. The van der Waals surface area contributed by atoms with Crippen LogP contribution in [0.15, 0.2) is 0 Å². The van der Waals surface area contributed by atoms with Crippen molar-refractivity contribution in [2.24, 2.45) is 0 Å². The molecule has 9 heavy (non-hydrogen) atoms. The summed E-state index contributed by atoms with van der Waals surface area (Å²) in [7, 11) is 3.52. The van der Waals surface area contributed by atoms with Gasteiger partial charge in [-0.05, 0) is 7.05 Å². The minimum atomic E-state index is -0.278. The van der Waals surface area contributed by atoms with Crippen LogP contribution in [0.5, 0.6) is 0 Å². The van der Waals surface area contributed by atoms with Crippen molar-refractivity contribution in [1.82, 2.24) is 4.90 Å². The van der Waals surface area contributed by atoms with Crippen LogP contribution in [-0.2, 0) is 4.74 Å². The topological polar surface area (TPSA) is 12.5 Å². The summed E-state index contributed by atoms with van der Waals surface area (Å²) in [6.07, 6.45) is 0. The molecule has 56 valence electrons. The van der Waals surface area contributed by atoms with E-state index < -0.39 is 0 Å². The Labute approximate surface area is 55.6 Å². The fourth-order valence-corrected chi connectivity index (χ4v) is 0.503. The van der Waals surface area contributed by atoms with Crippen LogP contribution in [0.4, 0.5) is 4.39 Å². The number of ether oxygens (including phenoxy) is 1. The second kappa shape index (κ2) is 5.98. The maximum Gasteiger partial charge on any atom is 0.102 e. The summed E-state index contributed by atoms with van der Waals surface area (Å²) < 4.78 is 16.4. The predicted octanol–water partition coefficient (Wildman–Crippen LogP) is 0.534. The third-order valence-electron chi connectivity index (χ3n) is 1.14. The largest absolute Gasteiger partial charge is 0.383 e. The van der Waals surface area contributed by atoms with E-state index in [4.69, 9.17) is 4.74 Å². The lowest BCUT2D eigenvalue weighted by atomic mass is 10.5. The Balaban J connectivity index is 2.95. The summed E-state index contributed by atoms with van der Waals surface area (Å²) in [5.41, 5.74) is 0. The molecule has 0 unspecified atom stereocenters. The zero-order valence-corrected chi connectivity index (χ0v) is 6.06. The van der Waals surface area contributed by atoms with E-state index >= 15 is 0 Å². The monoisotopic (exact) mass is 135 g/mol. The van der Waals surface area contributed by atoms with Crippen molar-refractivity contribution in [3.05, 3.63) is 0 Å². The van der Waals surface area contributed by atoms with E-state index in [0.29, 0.717) is 13.2 Å². The van der Waals surface area contributed by atoms with Crippen molar-refractivity contribution in [2.45, 2.75) is 0 Å². The van der Waals surface area contributed by atoms with Gasteiger partial charge >= 0.3 is 0 Å². The fourth-order valence-electron chi connectivity index (χ4n) is 0.503. The van der Waals surface area contributed by atoms with Crippen LogP contribution in [-0.4, -0.2) is 45.4 Å². The highest BCUT2D eigenvalue weighted by Gasteiger charge is 1.94. The number of hydrogen-bond acceptors (Lipinski definition) is 2. The predicted molar refractivity (Wildman–Crippen MR) is 35.3 cm³/mol. The first-order valence-electron chi connectivity index (χ1n) is 3.04. The van der Waals surface area contributed by atoms with Gasteiger partial charge in [0.15, 0.2) is 0 Å². The molecule has 0 aromatic heterocycles. The molecule has 0 radical (unpaired) electrons. The van der Waals surface area contributed by atoms with Crippen molar-refractivity contribution < 1.29 is 9.13 Å². The number of halogens is 1. The van der Waals surface area contributed by atoms with Gasteiger partial charge in [-0.1, -0.05) is 0 Å². The molecule has 0 saturated carbocycles. The van der Waals surface area contributed by atoms with Gasteiger partial charge in [-0.25, -0.2) is 4.39 Å². The van der Waals surface area contributed by atoms with Gasteiger partial charge in [0.1, 0.15) is 6.67 Å². The third kappa shape index (κ3) is 5.73. The van der Waals surface area contributed by atoms with E-state index in [9.17, 15) is 4.39 Å². The fraction of sp³-hybridized carbons (Fsp3) is 1.00. The Morgan fingerprint density at radius 2 is 2.11 bits per heavy atom. The van der Waals surface area contributed by atoms with Crippen molar-refractivity contribution in [3.63, 3.8) is 0 Å². The van der Waals surface area contributed by atoms with Crippen LogP contribution < -0.4 is 0 Å². The molecular weight excluding hydrogens is 121 g/mol. The van der Waals surface area contributed by atoms with Gasteiger partial charge in [0.05, 0.1) is 6.61 Å². The van der Waals surface area contributed by atoms with Gasteiger partial charge in [-0.2, -0.15) is 0 Å². The highest BCUT2D eigenvalue weighted by Crippen LogP contribution is 1.81. The van der Waals surface area contributed by atoms with Gasteiger partial charge in [0.2, 0.25) is 0 Å². The molecule has 0 atom stereocenters. The lowest BCUT2D eigenvalue weighted by Gasteiger charge is -2.12. The van der Waals surface area contributed by atoms with Gasteiger partial charge < -0.3 is 9.64 Å². The van der Waals surface area contributed by atoms with E-state index in [1.54, 1.807) is 7.11 Å². The molecule has 0 amide bonds. The zero-order chi connectivity index (χ0) is 7.11. The first kappa shape index (κ1) is 8.85. The number of alkyl halides is 1. The van der Waals surface area contributed by atoms with Gasteiger partial charge in [0.25, 0.3) is 0 Å². The van der Waals surface area contributed by atoms with Gasteiger partial charge in [-0.15, -0.1) is 0 Å². The summed E-state index contributed by atoms with van der Waals surface area (Å²) in [6, 6.07) is 0. The average Bonchev–Trinajstić information content (AvgIpc) is 1.85. The smallest absolute Gasteiger partial charge is 0.102 e. The molecule has 0 aromatic carbocycles. The van der Waals surface area contributed by atoms with E-state index in [0.717, 1.165) is 6.54 Å². The number of rotatable bonds is 5. The van der Waals surface area contributed by atoms with Crippen molar-refractivity contribution in [3.8, 4) is 0 Å². The van der Waals surface area contributed by atoms with Crippen LogP contribution in [0.2, 0.25) is 0 Å². The molecular formula is C6H14FNO. The highest BCUT2D eigenvalue weighted by atomic mass is 19.1. The van der Waals surface area contributed by atoms with Crippen LogP contribution >= 0.6 is 0 Å². The molecule has 0 spiro atoms. The number of hydrogen-bond donors (Lipinski definition) is 0. The molecule has 0 bridgehead atoms. The molecule has 0 aliphatic carbocycles. The molecule has 0 rings (SSSR count). The van der Waals surface area contributed by atoms with Crippen LogP contribution in [0.1, 0.15) is 0 Å². The third-order valence-corrected chi connectivity index (χ3v) is 1.14. The summed E-state index contributed by atoms with van der Waals surface area (Å²) in [5, 5.41) is 0. The number of methoxy groups -OCH3 is 1. The normalized spacial score (nSPS) is 10.7. The Hall–Kier alpha value is -0.150. The highest BCUT2D eigenvalue weighted by molar-refractivity contribution is 4.46. The Kier molecular flexibility index (Phi) is 5.88. The summed E-state index contributed by atoms with van der Waals surface area (Å²) in [4.78, 5) is 1.89. The first-order chi connectivity index (χ1) is 4.31. The zero-order valence-electron chi connectivity index (χ0n) is 6.06. The average molecular weight is 135 g/mol. The van der Waals surface area contributed by atoms with Crippen molar-refractivity contribution in [2.75, 3.05) is 40.5 Å².